The van der Waals surface area contributed by atoms with E-state index in [1.54, 1.807) is 18.2 Å². The molecule has 0 aromatic heterocycles. The number of aliphatic hydroxyl groups is 1. The highest BCUT2D eigenvalue weighted by atomic mass is 16.4. The maximum absolute atomic E-state index is 13.9. The molecule has 8 heteroatoms. The fourth-order valence-electron chi connectivity index (χ4n) is 5.53. The summed E-state index contributed by atoms with van der Waals surface area (Å²) in [6.07, 6.45) is -0.396. The van der Waals surface area contributed by atoms with Gasteiger partial charge in [-0.3, -0.25) is 14.4 Å². The number of Topliss-reactive ketones (excluding diaryl/α,β-unsaturated/α-hetero) is 1. The maximum atomic E-state index is 13.9. The molecular formula is C32H34N2O6. The van der Waals surface area contributed by atoms with Crippen molar-refractivity contribution in [2.24, 2.45) is 11.8 Å². The van der Waals surface area contributed by atoms with Gasteiger partial charge in [-0.05, 0) is 86.7 Å². The molecule has 3 aromatic carbocycles. The molecule has 3 aromatic rings. The van der Waals surface area contributed by atoms with Crippen LogP contribution in [0.4, 0.5) is 11.4 Å². The summed E-state index contributed by atoms with van der Waals surface area (Å²) in [6, 6.07) is 16.7. The van der Waals surface area contributed by atoms with Crippen molar-refractivity contribution in [3.05, 3.63) is 94.0 Å². The van der Waals surface area contributed by atoms with Crippen LogP contribution in [0.25, 0.3) is 0 Å². The number of rotatable bonds is 6. The summed E-state index contributed by atoms with van der Waals surface area (Å²) >= 11 is 0. The fourth-order valence-corrected chi connectivity index (χ4v) is 5.53. The molecule has 0 spiro atoms. The van der Waals surface area contributed by atoms with Gasteiger partial charge in [-0.1, -0.05) is 36.4 Å². The van der Waals surface area contributed by atoms with Gasteiger partial charge >= 0.3 is 5.97 Å². The van der Waals surface area contributed by atoms with Gasteiger partial charge in [0.05, 0.1) is 17.1 Å². The number of ketones is 1. The largest absolute Gasteiger partial charge is 0.478 e. The Hall–Kier alpha value is -4.30. The van der Waals surface area contributed by atoms with Gasteiger partial charge in [-0.15, -0.1) is 0 Å². The molecule has 4 unspecified atom stereocenters. The van der Waals surface area contributed by atoms with Crippen LogP contribution < -0.4 is 10.6 Å². The third-order valence-corrected chi connectivity index (χ3v) is 8.10. The van der Waals surface area contributed by atoms with E-state index in [4.69, 9.17) is 0 Å². The summed E-state index contributed by atoms with van der Waals surface area (Å²) in [7, 11) is 0. The normalized spacial score (nSPS) is 22.4. The molecule has 0 aliphatic heterocycles. The summed E-state index contributed by atoms with van der Waals surface area (Å²) in [5, 5.41) is 26.7. The standard InChI is InChI=1S/C32H34N2O6/c1-17-8-6-10-23(19(17)3)33-29(36)27-25(35)16-32(5,40)28(26(27)21-12-14-22(15-13-21)31(38)39)30(37)34-24-11-7-9-18(2)20(24)4/h6-15,26-28,40H,16H2,1-5H3,(H,33,36)(H,34,37)(H,38,39). The Balaban J connectivity index is 1.81. The van der Waals surface area contributed by atoms with Crippen LogP contribution in [0.3, 0.4) is 0 Å². The lowest BCUT2D eigenvalue weighted by Gasteiger charge is -2.44. The molecule has 40 heavy (non-hydrogen) atoms. The van der Waals surface area contributed by atoms with Gasteiger partial charge in [-0.25, -0.2) is 4.79 Å². The zero-order valence-electron chi connectivity index (χ0n) is 23.2. The molecule has 4 N–H and O–H groups in total. The van der Waals surface area contributed by atoms with Crippen molar-refractivity contribution in [1.29, 1.82) is 0 Å². The second kappa shape index (κ2) is 11.1. The lowest BCUT2D eigenvalue weighted by atomic mass is 9.61. The van der Waals surface area contributed by atoms with Crippen LogP contribution >= 0.6 is 0 Å². The second-order valence-electron chi connectivity index (χ2n) is 10.9. The lowest BCUT2D eigenvalue weighted by molar-refractivity contribution is -0.150. The number of hydrogen-bond donors (Lipinski definition) is 4. The SMILES string of the molecule is Cc1cccc(NC(=O)C2C(=O)CC(C)(O)C(C(=O)Nc3cccc(C)c3C)C2c2ccc(C(=O)O)cc2)c1C. The van der Waals surface area contributed by atoms with Crippen LogP contribution in [0.5, 0.6) is 0 Å². The van der Waals surface area contributed by atoms with Crippen molar-refractivity contribution < 1.29 is 29.4 Å². The first-order valence-electron chi connectivity index (χ1n) is 13.1. The summed E-state index contributed by atoms with van der Waals surface area (Å²) in [4.78, 5) is 52.7. The molecule has 0 saturated heterocycles. The molecule has 208 valence electrons. The zero-order valence-corrected chi connectivity index (χ0v) is 23.2. The number of carbonyl (C=O) groups excluding carboxylic acids is 3. The minimum absolute atomic E-state index is 0.0189. The molecule has 0 heterocycles. The average molecular weight is 543 g/mol. The van der Waals surface area contributed by atoms with Crippen molar-refractivity contribution in [1.82, 2.24) is 0 Å². The van der Waals surface area contributed by atoms with Gasteiger partial charge in [0, 0.05) is 23.7 Å². The maximum Gasteiger partial charge on any atom is 0.335 e. The van der Waals surface area contributed by atoms with E-state index in [-0.39, 0.29) is 5.56 Å². The number of nitrogens with one attached hydrogen (secondary N) is 2. The van der Waals surface area contributed by atoms with Crippen LogP contribution in [0.1, 0.15) is 57.4 Å². The highest BCUT2D eigenvalue weighted by Crippen LogP contribution is 2.47. The summed E-state index contributed by atoms with van der Waals surface area (Å²) in [5.74, 6) is -6.33. The van der Waals surface area contributed by atoms with Crippen LogP contribution in [0.15, 0.2) is 60.7 Å². The molecule has 8 nitrogen and oxygen atoms in total. The molecule has 1 aliphatic rings. The summed E-state index contributed by atoms with van der Waals surface area (Å²) < 4.78 is 0. The van der Waals surface area contributed by atoms with E-state index in [0.717, 1.165) is 22.3 Å². The average Bonchev–Trinajstić information content (AvgIpc) is 2.88. The van der Waals surface area contributed by atoms with Crippen molar-refractivity contribution in [3.8, 4) is 0 Å². The van der Waals surface area contributed by atoms with Gasteiger partial charge in [0.15, 0.2) is 0 Å². The van der Waals surface area contributed by atoms with Crippen LogP contribution in [-0.4, -0.2) is 39.4 Å². The van der Waals surface area contributed by atoms with E-state index in [9.17, 15) is 29.4 Å². The fraction of sp³-hybridized carbons (Fsp3) is 0.312. The molecular weight excluding hydrogens is 508 g/mol. The Morgan fingerprint density at radius 3 is 1.80 bits per heavy atom. The Bertz CT molecular complexity index is 1490. The quantitative estimate of drug-likeness (QED) is 0.326. The van der Waals surface area contributed by atoms with E-state index < -0.39 is 53.3 Å². The number of carboxylic acids is 1. The van der Waals surface area contributed by atoms with Gasteiger partial charge < -0.3 is 20.8 Å². The van der Waals surface area contributed by atoms with Gasteiger partial charge in [0.2, 0.25) is 11.8 Å². The Morgan fingerprint density at radius 1 is 0.800 bits per heavy atom. The van der Waals surface area contributed by atoms with E-state index in [2.05, 4.69) is 10.6 Å². The minimum Gasteiger partial charge on any atom is -0.478 e. The first-order chi connectivity index (χ1) is 18.8. The van der Waals surface area contributed by atoms with Crippen molar-refractivity contribution >= 4 is 34.9 Å². The smallest absolute Gasteiger partial charge is 0.335 e. The molecule has 1 aliphatic carbocycles. The molecule has 0 bridgehead atoms. The number of carbonyl (C=O) groups is 4. The van der Waals surface area contributed by atoms with E-state index in [1.165, 1.54) is 31.2 Å². The number of hydrogen-bond acceptors (Lipinski definition) is 5. The van der Waals surface area contributed by atoms with Crippen LogP contribution in [0.2, 0.25) is 0 Å². The number of benzene rings is 3. The first kappa shape index (κ1) is 28.7. The van der Waals surface area contributed by atoms with Crippen LogP contribution in [0, 0.1) is 39.5 Å². The molecule has 1 fully saturated rings. The second-order valence-corrected chi connectivity index (χ2v) is 10.9. The highest BCUT2D eigenvalue weighted by molar-refractivity contribution is 6.10. The molecule has 4 rings (SSSR count). The number of amides is 2. The van der Waals surface area contributed by atoms with Crippen LogP contribution in [-0.2, 0) is 14.4 Å². The van der Waals surface area contributed by atoms with Crippen molar-refractivity contribution in [2.45, 2.75) is 52.6 Å². The summed E-state index contributed by atoms with van der Waals surface area (Å²) in [6.45, 7) is 8.99. The number of aryl methyl sites for hydroxylation is 2. The molecule has 0 radical (unpaired) electrons. The van der Waals surface area contributed by atoms with E-state index in [0.29, 0.717) is 16.9 Å². The van der Waals surface area contributed by atoms with E-state index >= 15 is 0 Å². The van der Waals surface area contributed by atoms with Crippen molar-refractivity contribution in [2.75, 3.05) is 10.6 Å². The van der Waals surface area contributed by atoms with Gasteiger partial charge in [0.1, 0.15) is 11.7 Å². The molecule has 4 atom stereocenters. The molecule has 2 amide bonds. The predicted molar refractivity (Wildman–Crippen MR) is 152 cm³/mol. The van der Waals surface area contributed by atoms with Gasteiger partial charge in [-0.2, -0.15) is 0 Å². The number of anilines is 2. The van der Waals surface area contributed by atoms with Gasteiger partial charge in [0.25, 0.3) is 0 Å². The Labute approximate surface area is 233 Å². The highest BCUT2D eigenvalue weighted by Gasteiger charge is 2.56. The minimum atomic E-state index is -1.77. The third kappa shape index (κ3) is 5.53. The lowest BCUT2D eigenvalue weighted by Crippen LogP contribution is -2.56. The summed E-state index contributed by atoms with van der Waals surface area (Å²) in [5.41, 5.74) is 3.39. The Morgan fingerprint density at radius 2 is 1.30 bits per heavy atom. The predicted octanol–water partition coefficient (Wildman–Crippen LogP) is 4.94. The third-order valence-electron chi connectivity index (χ3n) is 8.10. The number of carboxylic acid groups (broad SMARTS) is 1. The zero-order chi connectivity index (χ0) is 29.4. The van der Waals surface area contributed by atoms with E-state index in [1.807, 2.05) is 45.9 Å². The number of aromatic carboxylic acids is 1. The van der Waals surface area contributed by atoms with Crippen molar-refractivity contribution in [3.63, 3.8) is 0 Å². The topological polar surface area (TPSA) is 133 Å². The molecule has 1 saturated carbocycles. The first-order valence-corrected chi connectivity index (χ1v) is 13.1. The monoisotopic (exact) mass is 542 g/mol. The Kier molecular flexibility index (Phi) is 7.93.